The molecule has 0 aliphatic carbocycles. The summed E-state index contributed by atoms with van der Waals surface area (Å²) in [6.07, 6.45) is 0. The fraction of sp³-hybridized carbons (Fsp3) is 0.0769. The van der Waals surface area contributed by atoms with Crippen molar-refractivity contribution < 1.29 is 4.65 Å². The van der Waals surface area contributed by atoms with E-state index >= 15 is 0 Å². The van der Waals surface area contributed by atoms with Crippen LogP contribution in [0, 0.1) is 13.8 Å². The summed E-state index contributed by atoms with van der Waals surface area (Å²) in [5.41, 5.74) is 11.0. The van der Waals surface area contributed by atoms with E-state index in [2.05, 4.69) is 97.6 Å². The van der Waals surface area contributed by atoms with Crippen LogP contribution in [0.2, 0.25) is 0 Å². The van der Waals surface area contributed by atoms with Crippen LogP contribution in [0.1, 0.15) is 11.1 Å². The highest BCUT2D eigenvalue weighted by Crippen LogP contribution is 2.42. The summed E-state index contributed by atoms with van der Waals surface area (Å²) in [5.74, 6) is 0.957. The van der Waals surface area contributed by atoms with Gasteiger partial charge in [-0.1, -0.05) is 65.7 Å². The number of hydrogen-bond donors (Lipinski definition) is 0. The molecule has 2 aliphatic rings. The number of para-hydroxylation sites is 1. The second kappa shape index (κ2) is 6.02. The molecule has 0 radical (unpaired) electrons. The predicted octanol–water partition coefficient (Wildman–Crippen LogP) is 5.25. The lowest BCUT2D eigenvalue weighted by molar-refractivity contribution is 0.590. The van der Waals surface area contributed by atoms with Crippen LogP contribution >= 0.6 is 0 Å². The summed E-state index contributed by atoms with van der Waals surface area (Å²) in [4.78, 5) is 2.38. The SMILES string of the molecule is Cc1ccc(N2c3ccc(C)cc3B3Oc4ccccc4-c4cccc2c43)cc1. The zero-order chi connectivity index (χ0) is 19.5. The van der Waals surface area contributed by atoms with Gasteiger partial charge < -0.3 is 9.55 Å². The molecule has 0 spiro atoms. The highest BCUT2D eigenvalue weighted by atomic mass is 16.4. The Balaban J connectivity index is 1.68. The van der Waals surface area contributed by atoms with Crippen molar-refractivity contribution in [2.75, 3.05) is 4.90 Å². The first-order valence-electron chi connectivity index (χ1n) is 10.1. The Morgan fingerprint density at radius 2 is 1.45 bits per heavy atom. The van der Waals surface area contributed by atoms with Crippen LogP contribution < -0.4 is 20.5 Å². The Kier molecular flexibility index (Phi) is 3.42. The van der Waals surface area contributed by atoms with Gasteiger partial charge in [0.05, 0.1) is 0 Å². The minimum absolute atomic E-state index is 0.0901. The molecule has 0 amide bonds. The number of aryl methyl sites for hydroxylation is 2. The third-order valence-electron chi connectivity index (χ3n) is 6.01. The van der Waals surface area contributed by atoms with Crippen LogP contribution in [0.3, 0.4) is 0 Å². The van der Waals surface area contributed by atoms with Crippen LogP contribution in [-0.2, 0) is 0 Å². The van der Waals surface area contributed by atoms with Crippen LogP contribution in [0.25, 0.3) is 11.1 Å². The second-order valence-electron chi connectivity index (χ2n) is 7.97. The number of rotatable bonds is 1. The minimum Gasteiger partial charge on any atom is -0.551 e. The maximum absolute atomic E-state index is 6.60. The van der Waals surface area contributed by atoms with E-state index in [0.717, 1.165) is 5.75 Å². The molecule has 4 aromatic carbocycles. The van der Waals surface area contributed by atoms with E-state index in [1.165, 1.54) is 50.2 Å². The molecular weight excluding hydrogens is 353 g/mol. The van der Waals surface area contributed by atoms with Crippen molar-refractivity contribution in [1.82, 2.24) is 0 Å². The molecule has 2 nitrogen and oxygen atoms in total. The largest absolute Gasteiger partial charge is 0.551 e. The lowest BCUT2D eigenvalue weighted by Gasteiger charge is -2.39. The van der Waals surface area contributed by atoms with Gasteiger partial charge in [0.15, 0.2) is 0 Å². The smallest absolute Gasteiger partial charge is 0.431 e. The zero-order valence-electron chi connectivity index (χ0n) is 16.5. The van der Waals surface area contributed by atoms with Gasteiger partial charge in [-0.05, 0) is 55.2 Å². The molecule has 6 rings (SSSR count). The predicted molar refractivity (Wildman–Crippen MR) is 122 cm³/mol. The van der Waals surface area contributed by atoms with Crippen molar-refractivity contribution in [2.45, 2.75) is 13.8 Å². The van der Waals surface area contributed by atoms with Crippen LogP contribution in [0.4, 0.5) is 17.1 Å². The van der Waals surface area contributed by atoms with Crippen molar-refractivity contribution >= 4 is 34.9 Å². The standard InChI is InChI=1S/C26H20BNO/c1-17-10-13-19(14-11-17)28-23-15-12-18(2)16-22(23)27-26-21(7-5-8-24(26)28)20-6-3-4-9-25(20)29-27/h3-16H,1-2H3. The Morgan fingerprint density at radius 1 is 0.690 bits per heavy atom. The van der Waals surface area contributed by atoms with Gasteiger partial charge in [-0.3, -0.25) is 0 Å². The zero-order valence-corrected chi connectivity index (χ0v) is 16.5. The topological polar surface area (TPSA) is 12.5 Å². The molecular formula is C26H20BNO. The van der Waals surface area contributed by atoms with Gasteiger partial charge in [-0.2, -0.15) is 0 Å². The summed E-state index contributed by atoms with van der Waals surface area (Å²) >= 11 is 0. The molecule has 0 fully saturated rings. The van der Waals surface area contributed by atoms with Crippen molar-refractivity contribution in [1.29, 1.82) is 0 Å². The Bertz CT molecular complexity index is 1260. The van der Waals surface area contributed by atoms with Crippen molar-refractivity contribution in [2.24, 2.45) is 0 Å². The maximum atomic E-state index is 6.60. The van der Waals surface area contributed by atoms with E-state index in [0.29, 0.717) is 0 Å². The normalized spacial score (nSPS) is 13.3. The maximum Gasteiger partial charge on any atom is 0.431 e. The lowest BCUT2D eigenvalue weighted by Crippen LogP contribution is -2.56. The summed E-state index contributed by atoms with van der Waals surface area (Å²) in [6.45, 7) is 4.18. The average molecular weight is 373 g/mol. The van der Waals surface area contributed by atoms with Gasteiger partial charge in [0, 0.05) is 28.1 Å². The van der Waals surface area contributed by atoms with E-state index in [9.17, 15) is 0 Å². The van der Waals surface area contributed by atoms with Crippen molar-refractivity contribution in [3.63, 3.8) is 0 Å². The molecule has 4 aromatic rings. The van der Waals surface area contributed by atoms with E-state index in [1.807, 2.05) is 6.07 Å². The van der Waals surface area contributed by atoms with Gasteiger partial charge in [0.2, 0.25) is 0 Å². The Labute approximate surface area is 171 Å². The molecule has 29 heavy (non-hydrogen) atoms. The quantitative estimate of drug-likeness (QED) is 0.423. The molecule has 138 valence electrons. The monoisotopic (exact) mass is 373 g/mol. The first-order valence-corrected chi connectivity index (χ1v) is 10.1. The lowest BCUT2D eigenvalue weighted by atomic mass is 9.49. The van der Waals surface area contributed by atoms with Crippen LogP contribution in [-0.4, -0.2) is 6.92 Å². The molecule has 2 aliphatic heterocycles. The first-order chi connectivity index (χ1) is 14.2. The average Bonchev–Trinajstić information content (AvgIpc) is 2.75. The van der Waals surface area contributed by atoms with E-state index in [1.54, 1.807) is 0 Å². The number of anilines is 3. The molecule has 0 unspecified atom stereocenters. The highest BCUT2D eigenvalue weighted by molar-refractivity contribution is 6.85. The number of hydrogen-bond acceptors (Lipinski definition) is 2. The molecule has 0 N–H and O–H groups in total. The number of nitrogens with zero attached hydrogens (tertiary/aromatic N) is 1. The molecule has 2 heterocycles. The number of benzene rings is 4. The Hall–Kier alpha value is -3.46. The van der Waals surface area contributed by atoms with E-state index in [4.69, 9.17) is 4.65 Å². The van der Waals surface area contributed by atoms with Gasteiger partial charge in [0.1, 0.15) is 5.75 Å². The van der Waals surface area contributed by atoms with E-state index < -0.39 is 0 Å². The Morgan fingerprint density at radius 3 is 2.31 bits per heavy atom. The minimum atomic E-state index is -0.0901. The molecule has 0 saturated carbocycles. The molecule has 0 bridgehead atoms. The summed E-state index contributed by atoms with van der Waals surface area (Å²) in [7, 11) is 0. The second-order valence-corrected chi connectivity index (χ2v) is 7.97. The van der Waals surface area contributed by atoms with Gasteiger partial charge in [-0.25, -0.2) is 0 Å². The van der Waals surface area contributed by atoms with Gasteiger partial charge in [-0.15, -0.1) is 0 Å². The van der Waals surface area contributed by atoms with Gasteiger partial charge >= 0.3 is 6.92 Å². The molecule has 0 aromatic heterocycles. The third kappa shape index (κ3) is 2.37. The van der Waals surface area contributed by atoms with Crippen molar-refractivity contribution in [3.05, 3.63) is 96.1 Å². The van der Waals surface area contributed by atoms with Crippen LogP contribution in [0.5, 0.6) is 5.75 Å². The summed E-state index contributed by atoms with van der Waals surface area (Å²) < 4.78 is 6.60. The highest BCUT2D eigenvalue weighted by Gasteiger charge is 2.42. The fourth-order valence-corrected chi connectivity index (χ4v) is 4.64. The number of fused-ring (bicyclic) bond motifs is 4. The first kappa shape index (κ1) is 16.5. The third-order valence-corrected chi connectivity index (χ3v) is 6.01. The molecule has 0 atom stereocenters. The summed E-state index contributed by atoms with van der Waals surface area (Å²) in [5, 5.41) is 0. The van der Waals surface area contributed by atoms with Gasteiger partial charge in [0.25, 0.3) is 0 Å². The molecule has 0 saturated heterocycles. The fourth-order valence-electron chi connectivity index (χ4n) is 4.64. The molecule has 3 heteroatoms. The van der Waals surface area contributed by atoms with E-state index in [-0.39, 0.29) is 6.92 Å². The summed E-state index contributed by atoms with van der Waals surface area (Å²) in [6, 6.07) is 30.4. The van der Waals surface area contributed by atoms with Crippen molar-refractivity contribution in [3.8, 4) is 16.9 Å². The van der Waals surface area contributed by atoms with Crippen LogP contribution in [0.15, 0.2) is 84.9 Å².